The smallest absolute Gasteiger partial charge is 0.0685 e. The van der Waals surface area contributed by atoms with E-state index < -0.39 is 0 Å². The van der Waals surface area contributed by atoms with Gasteiger partial charge in [-0.15, -0.1) is 0 Å². The molecule has 19 heavy (non-hydrogen) atoms. The first kappa shape index (κ1) is 13.8. The molecule has 0 amide bonds. The topological polar surface area (TPSA) is 24.5 Å². The SMILES string of the molecule is CCCN1CCC(N[C@@H]2[C@H]3CCO[C@@H]3C2(C)C)CC1. The van der Waals surface area contributed by atoms with Crippen LogP contribution in [0.25, 0.3) is 0 Å². The van der Waals surface area contributed by atoms with Crippen LogP contribution in [0.2, 0.25) is 0 Å². The molecule has 0 aromatic heterocycles. The lowest BCUT2D eigenvalue weighted by molar-refractivity contribution is -0.116. The molecule has 0 bridgehead atoms. The van der Waals surface area contributed by atoms with Gasteiger partial charge in [-0.2, -0.15) is 0 Å². The van der Waals surface area contributed by atoms with Crippen LogP contribution in [-0.2, 0) is 4.74 Å². The van der Waals surface area contributed by atoms with E-state index in [-0.39, 0.29) is 0 Å². The van der Waals surface area contributed by atoms with Crippen LogP contribution >= 0.6 is 0 Å². The Bertz CT molecular complexity index is 310. The van der Waals surface area contributed by atoms with Crippen molar-refractivity contribution in [3.63, 3.8) is 0 Å². The molecule has 2 aliphatic heterocycles. The van der Waals surface area contributed by atoms with Crippen LogP contribution in [-0.4, -0.2) is 49.3 Å². The van der Waals surface area contributed by atoms with Gasteiger partial charge >= 0.3 is 0 Å². The predicted octanol–water partition coefficient (Wildman–Crippen LogP) is 2.26. The number of nitrogens with zero attached hydrogens (tertiary/aromatic N) is 1. The fourth-order valence-corrected chi connectivity index (χ4v) is 4.56. The highest BCUT2D eigenvalue weighted by molar-refractivity contribution is 5.12. The van der Waals surface area contributed by atoms with Crippen LogP contribution < -0.4 is 5.32 Å². The Balaban J connectivity index is 1.50. The van der Waals surface area contributed by atoms with E-state index >= 15 is 0 Å². The van der Waals surface area contributed by atoms with Crippen LogP contribution in [0, 0.1) is 11.3 Å². The summed E-state index contributed by atoms with van der Waals surface area (Å²) < 4.78 is 5.89. The first-order chi connectivity index (χ1) is 9.13. The van der Waals surface area contributed by atoms with E-state index in [1.807, 2.05) is 0 Å². The maximum absolute atomic E-state index is 5.89. The quantitative estimate of drug-likeness (QED) is 0.845. The van der Waals surface area contributed by atoms with Crippen molar-refractivity contribution >= 4 is 0 Å². The number of hydrogen-bond acceptors (Lipinski definition) is 3. The molecule has 110 valence electrons. The van der Waals surface area contributed by atoms with E-state index in [1.54, 1.807) is 0 Å². The molecule has 0 aromatic carbocycles. The minimum atomic E-state index is 0.335. The monoisotopic (exact) mass is 266 g/mol. The number of likely N-dealkylation sites (tertiary alicyclic amines) is 1. The van der Waals surface area contributed by atoms with Gasteiger partial charge in [-0.25, -0.2) is 0 Å². The summed E-state index contributed by atoms with van der Waals surface area (Å²) in [6, 6.07) is 1.42. The summed E-state index contributed by atoms with van der Waals surface area (Å²) >= 11 is 0. The number of fused-ring (bicyclic) bond motifs is 1. The minimum Gasteiger partial charge on any atom is -0.377 e. The second kappa shape index (κ2) is 5.34. The van der Waals surface area contributed by atoms with E-state index in [1.165, 1.54) is 45.3 Å². The van der Waals surface area contributed by atoms with E-state index in [0.29, 0.717) is 17.6 Å². The molecule has 0 unspecified atom stereocenters. The third-order valence-electron chi connectivity index (χ3n) is 5.64. The summed E-state index contributed by atoms with van der Waals surface area (Å²) in [4.78, 5) is 2.62. The molecular formula is C16H30N2O. The van der Waals surface area contributed by atoms with Crippen molar-refractivity contribution in [2.45, 2.75) is 64.6 Å². The molecule has 3 rings (SSSR count). The largest absolute Gasteiger partial charge is 0.377 e. The Morgan fingerprint density at radius 1 is 1.21 bits per heavy atom. The van der Waals surface area contributed by atoms with E-state index in [4.69, 9.17) is 4.74 Å². The number of nitrogens with one attached hydrogen (secondary N) is 1. The minimum absolute atomic E-state index is 0.335. The Morgan fingerprint density at radius 2 is 1.95 bits per heavy atom. The van der Waals surface area contributed by atoms with Crippen LogP contribution in [0.3, 0.4) is 0 Å². The lowest BCUT2D eigenvalue weighted by atomic mass is 9.57. The number of ether oxygens (including phenoxy) is 1. The zero-order valence-corrected chi connectivity index (χ0v) is 12.8. The van der Waals surface area contributed by atoms with Gasteiger partial charge in [-0.1, -0.05) is 20.8 Å². The van der Waals surface area contributed by atoms with Crippen molar-refractivity contribution in [3.05, 3.63) is 0 Å². The molecule has 0 aromatic rings. The van der Waals surface area contributed by atoms with Crippen LogP contribution in [0.1, 0.15) is 46.5 Å². The van der Waals surface area contributed by atoms with E-state index in [2.05, 4.69) is 31.0 Å². The number of rotatable bonds is 4. The highest BCUT2D eigenvalue weighted by Gasteiger charge is 2.59. The molecule has 2 heterocycles. The summed E-state index contributed by atoms with van der Waals surface area (Å²) in [7, 11) is 0. The van der Waals surface area contributed by atoms with Crippen LogP contribution in [0.15, 0.2) is 0 Å². The normalized spacial score (nSPS) is 39.0. The van der Waals surface area contributed by atoms with Gasteiger partial charge in [0, 0.05) is 30.0 Å². The summed E-state index contributed by atoms with van der Waals surface area (Å²) in [6.07, 6.45) is 5.72. The molecule has 1 saturated carbocycles. The van der Waals surface area contributed by atoms with Gasteiger partial charge in [0.15, 0.2) is 0 Å². The summed E-state index contributed by atoms with van der Waals surface area (Å²) in [5, 5.41) is 3.97. The average molecular weight is 266 g/mol. The molecule has 3 heteroatoms. The predicted molar refractivity (Wildman–Crippen MR) is 78.3 cm³/mol. The lowest BCUT2D eigenvalue weighted by Crippen LogP contribution is -2.67. The third-order valence-corrected chi connectivity index (χ3v) is 5.64. The second-order valence-corrected chi connectivity index (χ2v) is 7.33. The molecule has 3 atom stereocenters. The maximum Gasteiger partial charge on any atom is 0.0685 e. The van der Waals surface area contributed by atoms with Crippen LogP contribution in [0.5, 0.6) is 0 Å². The molecule has 2 saturated heterocycles. The number of piperidine rings is 1. The van der Waals surface area contributed by atoms with Crippen molar-refractivity contribution in [1.29, 1.82) is 0 Å². The molecule has 3 fully saturated rings. The summed E-state index contributed by atoms with van der Waals surface area (Å²) in [5.41, 5.74) is 0.335. The van der Waals surface area contributed by atoms with Gasteiger partial charge in [0.05, 0.1) is 6.10 Å². The van der Waals surface area contributed by atoms with Crippen molar-refractivity contribution in [1.82, 2.24) is 10.2 Å². The molecule has 1 aliphatic carbocycles. The van der Waals surface area contributed by atoms with E-state index in [0.717, 1.165) is 18.6 Å². The van der Waals surface area contributed by atoms with Gasteiger partial charge in [0.2, 0.25) is 0 Å². The zero-order chi connectivity index (χ0) is 13.5. The number of hydrogen-bond donors (Lipinski definition) is 1. The van der Waals surface area contributed by atoms with Crippen molar-refractivity contribution in [2.24, 2.45) is 11.3 Å². The summed E-state index contributed by atoms with van der Waals surface area (Å²) in [6.45, 7) is 11.9. The average Bonchev–Trinajstić information content (AvgIpc) is 2.85. The molecular weight excluding hydrogens is 236 g/mol. The van der Waals surface area contributed by atoms with E-state index in [9.17, 15) is 0 Å². The molecule has 0 radical (unpaired) electrons. The molecule has 0 spiro atoms. The Labute approximate surface area is 118 Å². The highest BCUT2D eigenvalue weighted by Crippen LogP contribution is 2.52. The molecule has 3 nitrogen and oxygen atoms in total. The highest BCUT2D eigenvalue weighted by atomic mass is 16.5. The first-order valence-electron chi connectivity index (χ1n) is 8.23. The first-order valence-corrected chi connectivity index (χ1v) is 8.23. The summed E-state index contributed by atoms with van der Waals surface area (Å²) in [5.74, 6) is 0.781. The van der Waals surface area contributed by atoms with Gasteiger partial charge in [0.1, 0.15) is 0 Å². The Hall–Kier alpha value is -0.120. The third kappa shape index (κ3) is 2.45. The molecule has 1 N–H and O–H groups in total. The zero-order valence-electron chi connectivity index (χ0n) is 12.8. The molecule has 3 aliphatic rings. The van der Waals surface area contributed by atoms with Crippen molar-refractivity contribution < 1.29 is 4.74 Å². The van der Waals surface area contributed by atoms with Gasteiger partial charge in [-0.3, -0.25) is 0 Å². The van der Waals surface area contributed by atoms with Crippen LogP contribution in [0.4, 0.5) is 0 Å². The van der Waals surface area contributed by atoms with Crippen molar-refractivity contribution in [2.75, 3.05) is 26.2 Å². The standard InChI is InChI=1S/C16H30N2O/c1-4-8-18-9-5-12(6-10-18)17-14-13-7-11-19-15(13)16(14,2)3/h12-15,17H,4-11H2,1-3H3/t13-,14-,15+/m1/s1. The maximum atomic E-state index is 5.89. The fourth-order valence-electron chi connectivity index (χ4n) is 4.56. The van der Waals surface area contributed by atoms with Crippen molar-refractivity contribution in [3.8, 4) is 0 Å². The Morgan fingerprint density at radius 3 is 2.63 bits per heavy atom. The Kier molecular flexibility index (Phi) is 3.89. The van der Waals surface area contributed by atoms with Gasteiger partial charge in [-0.05, 0) is 45.3 Å². The van der Waals surface area contributed by atoms with Gasteiger partial charge in [0.25, 0.3) is 0 Å². The fraction of sp³-hybridized carbons (Fsp3) is 1.00. The second-order valence-electron chi connectivity index (χ2n) is 7.33. The van der Waals surface area contributed by atoms with Gasteiger partial charge < -0.3 is 15.0 Å². The lowest BCUT2D eigenvalue weighted by Gasteiger charge is -2.56.